The first-order chi connectivity index (χ1) is 34.0. The SMILES string of the molecule is CCC=C(C=CN)n1c2ccc(OC3Cc4cc5oc(OC6CC=C7C(=N6)C6N=C(C8=CCC(NNCC=N)N8C8C=CCCC8)C=CC6N7c6ccccc6)cc5cc4O3)cc2c2cccnc21. The van der Waals surface area contributed by atoms with Gasteiger partial charge in [-0.05, 0) is 98.6 Å². The van der Waals surface area contributed by atoms with E-state index in [9.17, 15) is 0 Å². The highest BCUT2D eigenvalue weighted by Crippen LogP contribution is 2.42. The Morgan fingerprint density at radius 1 is 0.971 bits per heavy atom. The Labute approximate surface area is 400 Å². The van der Waals surface area contributed by atoms with E-state index in [1.807, 2.05) is 48.7 Å². The number of nitrogens with zero attached hydrogens (tertiary/aromatic N) is 6. The maximum absolute atomic E-state index is 7.52. The number of rotatable bonds is 14. The molecule has 5 aliphatic heterocycles. The number of aliphatic imine (C=N–C) groups is 2. The molecule has 12 rings (SSSR count). The molecule has 1 aliphatic carbocycles. The fraction of sp³-hybridized carbons (Fsp3) is 0.273. The molecule has 1 saturated heterocycles. The van der Waals surface area contributed by atoms with E-state index in [0.717, 1.165) is 105 Å². The molecular formula is C55H54N10O4. The Morgan fingerprint density at radius 3 is 2.74 bits per heavy atom. The summed E-state index contributed by atoms with van der Waals surface area (Å²) in [5.74, 6) is 1.87. The van der Waals surface area contributed by atoms with Crippen LogP contribution in [-0.4, -0.2) is 75.4 Å². The number of para-hydroxylation sites is 1. The summed E-state index contributed by atoms with van der Waals surface area (Å²) in [4.78, 5) is 20.4. The minimum absolute atomic E-state index is 0.0412. The van der Waals surface area contributed by atoms with Gasteiger partial charge in [0.1, 0.15) is 28.8 Å². The molecule has 8 heterocycles. The predicted molar refractivity (Wildman–Crippen MR) is 273 cm³/mol. The molecule has 14 nitrogen and oxygen atoms in total. The van der Waals surface area contributed by atoms with E-state index in [1.54, 1.807) is 6.20 Å². The standard InChI is InChI=1S/C55H54N10O4/c1-2-10-36(24-25-56)65-43-18-16-39(33-41(43)40-15-9-27-58-55(40)65)66-51-31-34-29-48-35(30-47(34)67-51)32-52(68-48)69-50-23-21-46-54(61-50)53-45(63(46)37-11-5-3-6-12-37)19-17-42(60-53)44-20-22-49(62-59-28-26-57)64(44)38-13-7-4-8-14-38/h3,5-7,9-13,15-21,24-27,29-30,32-33,38,45,49-51,53,57,59,62H,2,4,8,14,22-23,28,31,56H2,1H3. The fourth-order valence-electron chi connectivity index (χ4n) is 10.8. The molecule has 6 unspecified atom stereocenters. The summed E-state index contributed by atoms with van der Waals surface area (Å²) in [6, 6.07) is 26.6. The van der Waals surface area contributed by atoms with Crippen LogP contribution in [0.15, 0.2) is 166 Å². The summed E-state index contributed by atoms with van der Waals surface area (Å²) >= 11 is 0. The molecule has 0 bridgehead atoms. The van der Waals surface area contributed by atoms with Crippen molar-refractivity contribution in [2.75, 3.05) is 11.4 Å². The monoisotopic (exact) mass is 918 g/mol. The zero-order valence-electron chi connectivity index (χ0n) is 38.4. The number of furan rings is 1. The van der Waals surface area contributed by atoms with Crippen molar-refractivity contribution in [1.82, 2.24) is 25.3 Å². The molecule has 0 radical (unpaired) electrons. The van der Waals surface area contributed by atoms with Crippen molar-refractivity contribution in [3.63, 3.8) is 0 Å². The zero-order chi connectivity index (χ0) is 46.4. The van der Waals surface area contributed by atoms with E-state index in [0.29, 0.717) is 36.7 Å². The smallest absolute Gasteiger partial charge is 0.287 e. The van der Waals surface area contributed by atoms with Crippen molar-refractivity contribution in [3.8, 4) is 17.4 Å². The van der Waals surface area contributed by atoms with Crippen molar-refractivity contribution in [3.05, 3.63) is 157 Å². The molecule has 3 aromatic carbocycles. The number of fused-ring (bicyclic) bond motifs is 8. The molecular weight excluding hydrogens is 865 g/mol. The predicted octanol–water partition coefficient (Wildman–Crippen LogP) is 9.47. The quantitative estimate of drug-likeness (QED) is 0.0272. The second kappa shape index (κ2) is 18.1. The lowest BCUT2D eigenvalue weighted by Gasteiger charge is -2.38. The number of benzene rings is 3. The zero-order valence-corrected chi connectivity index (χ0v) is 38.4. The molecule has 1 fully saturated rings. The van der Waals surface area contributed by atoms with Crippen molar-refractivity contribution < 1.29 is 18.6 Å². The molecule has 69 heavy (non-hydrogen) atoms. The van der Waals surface area contributed by atoms with Gasteiger partial charge in [-0.25, -0.2) is 15.4 Å². The number of allylic oxidation sites excluding steroid dienone is 5. The topological polar surface area (TPSA) is 164 Å². The van der Waals surface area contributed by atoms with Crippen LogP contribution >= 0.6 is 0 Å². The van der Waals surface area contributed by atoms with Gasteiger partial charge in [0.2, 0.25) is 6.29 Å². The Hall–Kier alpha value is -7.68. The van der Waals surface area contributed by atoms with E-state index < -0.39 is 12.5 Å². The molecule has 5 N–H and O–H groups in total. The van der Waals surface area contributed by atoms with Gasteiger partial charge in [0.05, 0.1) is 47.0 Å². The number of pyridine rings is 1. The number of nitrogens with two attached hydrogens (primary N) is 1. The highest BCUT2D eigenvalue weighted by atomic mass is 16.7. The van der Waals surface area contributed by atoms with Crippen LogP contribution in [0.1, 0.15) is 51.0 Å². The average molecular weight is 919 g/mol. The molecule has 0 amide bonds. The van der Waals surface area contributed by atoms with E-state index in [1.165, 1.54) is 6.21 Å². The first-order valence-electron chi connectivity index (χ1n) is 24.1. The maximum Gasteiger partial charge on any atom is 0.287 e. The van der Waals surface area contributed by atoms with Crippen LogP contribution in [0.5, 0.6) is 17.4 Å². The van der Waals surface area contributed by atoms with Crippen molar-refractivity contribution in [1.29, 1.82) is 5.41 Å². The molecule has 3 aromatic heterocycles. The van der Waals surface area contributed by atoms with Crippen molar-refractivity contribution in [2.24, 2.45) is 15.7 Å². The number of nitrogens with one attached hydrogen (secondary N) is 3. The fourth-order valence-corrected chi connectivity index (χ4v) is 10.8. The Bertz CT molecular complexity index is 3190. The molecule has 6 atom stereocenters. The maximum atomic E-state index is 7.52. The van der Waals surface area contributed by atoms with Crippen LogP contribution in [0.4, 0.5) is 5.69 Å². The number of aromatic nitrogens is 2. The number of hydrogen-bond acceptors (Lipinski definition) is 13. The number of dihydropyridines is 2. The minimum Gasteiger partial charge on any atom is -0.455 e. The van der Waals surface area contributed by atoms with Crippen LogP contribution < -0.4 is 35.7 Å². The first kappa shape index (κ1) is 42.7. The third-order valence-corrected chi connectivity index (χ3v) is 13.7. The normalized spacial score (nSPS) is 24.0. The lowest BCUT2D eigenvalue weighted by molar-refractivity contribution is 0.0254. The highest BCUT2D eigenvalue weighted by molar-refractivity contribution is 6.17. The lowest BCUT2D eigenvalue weighted by Crippen LogP contribution is -2.53. The highest BCUT2D eigenvalue weighted by Gasteiger charge is 2.46. The van der Waals surface area contributed by atoms with Gasteiger partial charge in [0.15, 0.2) is 6.23 Å². The second-order valence-corrected chi connectivity index (χ2v) is 18.0. The molecule has 6 aliphatic rings. The van der Waals surface area contributed by atoms with Gasteiger partial charge in [-0.2, -0.15) is 0 Å². The van der Waals surface area contributed by atoms with E-state index >= 15 is 0 Å². The lowest BCUT2D eigenvalue weighted by atomic mass is 9.98. The van der Waals surface area contributed by atoms with E-state index in [2.05, 4.69) is 117 Å². The average Bonchev–Trinajstić information content (AvgIpc) is 4.21. The van der Waals surface area contributed by atoms with E-state index in [-0.39, 0.29) is 24.3 Å². The molecule has 14 heteroatoms. The summed E-state index contributed by atoms with van der Waals surface area (Å²) in [6.07, 6.45) is 27.6. The minimum atomic E-state index is -0.505. The van der Waals surface area contributed by atoms with Crippen molar-refractivity contribution in [2.45, 2.75) is 88.7 Å². The van der Waals surface area contributed by atoms with Gasteiger partial charge in [0, 0.05) is 77.0 Å². The summed E-state index contributed by atoms with van der Waals surface area (Å²) in [7, 11) is 0. The number of hydrazine groups is 1. The van der Waals surface area contributed by atoms with Gasteiger partial charge >= 0.3 is 0 Å². The Balaban J connectivity index is 0.779. The number of ether oxygens (including phenoxy) is 3. The van der Waals surface area contributed by atoms with Gasteiger partial charge < -0.3 is 39.6 Å². The summed E-state index contributed by atoms with van der Waals surface area (Å²) in [6.45, 7) is 2.56. The Kier molecular flexibility index (Phi) is 11.2. The van der Waals surface area contributed by atoms with Gasteiger partial charge in [0.25, 0.3) is 5.95 Å². The third kappa shape index (κ3) is 7.79. The first-order valence-corrected chi connectivity index (χ1v) is 24.1. The second-order valence-electron chi connectivity index (χ2n) is 18.0. The van der Waals surface area contributed by atoms with Crippen molar-refractivity contribution >= 4 is 61.9 Å². The van der Waals surface area contributed by atoms with Gasteiger partial charge in [-0.15, -0.1) is 0 Å². The van der Waals surface area contributed by atoms with Crippen LogP contribution in [0, 0.1) is 5.41 Å². The Morgan fingerprint density at radius 2 is 1.88 bits per heavy atom. The van der Waals surface area contributed by atoms with Crippen LogP contribution in [0.3, 0.4) is 0 Å². The van der Waals surface area contributed by atoms with Gasteiger partial charge in [-0.1, -0.05) is 61.6 Å². The van der Waals surface area contributed by atoms with E-state index in [4.69, 9.17) is 44.7 Å². The summed E-state index contributed by atoms with van der Waals surface area (Å²) in [5, 5.41) is 10.5. The third-order valence-electron chi connectivity index (χ3n) is 13.7. The molecule has 0 spiro atoms. The summed E-state index contributed by atoms with van der Waals surface area (Å²) < 4.78 is 28.0. The largest absolute Gasteiger partial charge is 0.455 e. The molecule has 348 valence electrons. The van der Waals surface area contributed by atoms with Crippen LogP contribution in [-0.2, 0) is 6.42 Å². The molecule has 6 aromatic rings. The number of hydrogen-bond donors (Lipinski definition) is 4. The molecule has 0 saturated carbocycles. The number of anilines is 1. The van der Waals surface area contributed by atoms with Crippen LogP contribution in [0.2, 0.25) is 0 Å². The van der Waals surface area contributed by atoms with Gasteiger partial charge in [-0.3, -0.25) is 15.0 Å². The van der Waals surface area contributed by atoms with Crippen LogP contribution in [0.25, 0.3) is 38.6 Å². The summed E-state index contributed by atoms with van der Waals surface area (Å²) in [5.41, 5.74) is 22.2.